The Kier molecular flexibility index (Phi) is 5.49. The molecule has 4 heterocycles. The number of nitrogens with zero attached hydrogens (tertiary/aromatic N) is 6. The van der Waals surface area contributed by atoms with Gasteiger partial charge in [0.15, 0.2) is 0 Å². The number of hydrogen-bond donors (Lipinski definition) is 1. The fourth-order valence-corrected chi connectivity index (χ4v) is 4.52. The molecule has 33 heavy (non-hydrogen) atoms. The van der Waals surface area contributed by atoms with Gasteiger partial charge in [0.1, 0.15) is 5.69 Å². The molecule has 2 aromatic heterocycles. The lowest BCUT2D eigenvalue weighted by atomic mass is 10.0. The summed E-state index contributed by atoms with van der Waals surface area (Å²) in [5, 5.41) is 4.31. The normalized spacial score (nSPS) is 17.5. The summed E-state index contributed by atoms with van der Waals surface area (Å²) < 4.78 is 16.3. The van der Waals surface area contributed by atoms with Crippen molar-refractivity contribution >= 4 is 11.0 Å². The number of benzene rings is 1. The molecule has 0 spiro atoms. The van der Waals surface area contributed by atoms with Crippen LogP contribution in [0.25, 0.3) is 22.2 Å². The third kappa shape index (κ3) is 4.16. The van der Waals surface area contributed by atoms with E-state index in [1.54, 1.807) is 23.6 Å². The molecule has 1 saturated heterocycles. The summed E-state index contributed by atoms with van der Waals surface area (Å²) in [5.41, 5.74) is 5.45. The molecular formula is C24H28FN7O. The Balaban J connectivity index is 1.40. The second-order valence-corrected chi connectivity index (χ2v) is 8.82. The quantitative estimate of drug-likeness (QED) is 0.617. The maximum Gasteiger partial charge on any atom is 0.269 e. The molecule has 1 aromatic carbocycles. The van der Waals surface area contributed by atoms with Crippen molar-refractivity contribution in [3.8, 4) is 11.1 Å². The van der Waals surface area contributed by atoms with Crippen LogP contribution in [0.2, 0.25) is 0 Å². The van der Waals surface area contributed by atoms with Gasteiger partial charge in [-0.3, -0.25) is 14.4 Å². The summed E-state index contributed by atoms with van der Waals surface area (Å²) in [4.78, 5) is 25.9. The second kappa shape index (κ2) is 8.47. The lowest BCUT2D eigenvalue weighted by molar-refractivity contribution is 0.148. The van der Waals surface area contributed by atoms with E-state index in [0.29, 0.717) is 17.9 Å². The Hall–Kier alpha value is -3.46. The maximum atomic E-state index is 14.5. The van der Waals surface area contributed by atoms with Gasteiger partial charge in [-0.1, -0.05) is 6.08 Å². The van der Waals surface area contributed by atoms with Crippen LogP contribution in [0.3, 0.4) is 0 Å². The van der Waals surface area contributed by atoms with E-state index in [9.17, 15) is 9.18 Å². The molecule has 5 rings (SSSR count). The van der Waals surface area contributed by atoms with Crippen LogP contribution in [0.1, 0.15) is 11.3 Å². The number of halogens is 1. The molecule has 0 aliphatic carbocycles. The van der Waals surface area contributed by atoms with Crippen LogP contribution in [0.4, 0.5) is 4.39 Å². The highest BCUT2D eigenvalue weighted by molar-refractivity contribution is 5.91. The molecule has 172 valence electrons. The molecule has 8 nitrogen and oxygen atoms in total. The first-order valence-corrected chi connectivity index (χ1v) is 11.2. The molecule has 1 fully saturated rings. The number of hydrogen-bond acceptors (Lipinski definition) is 6. The molecule has 2 aliphatic rings. The van der Waals surface area contributed by atoms with Gasteiger partial charge in [0.05, 0.1) is 22.9 Å². The topological polar surface area (TPSA) is 73.3 Å². The van der Waals surface area contributed by atoms with Crippen molar-refractivity contribution in [2.24, 2.45) is 7.05 Å². The lowest BCUT2D eigenvalue weighted by Crippen LogP contribution is -2.46. The van der Waals surface area contributed by atoms with E-state index in [0.717, 1.165) is 60.4 Å². The first kappa shape index (κ1) is 21.4. The van der Waals surface area contributed by atoms with Crippen molar-refractivity contribution in [1.29, 1.82) is 0 Å². The van der Waals surface area contributed by atoms with Crippen LogP contribution in [0.15, 0.2) is 53.1 Å². The van der Waals surface area contributed by atoms with E-state index >= 15 is 0 Å². The molecule has 9 heteroatoms. The third-order valence-electron chi connectivity index (χ3n) is 6.36. The number of H-pyrrole nitrogens is 1. The number of nitrogens with one attached hydrogen (secondary N) is 1. The Labute approximate surface area is 191 Å². The smallest absolute Gasteiger partial charge is 0.269 e. The number of piperazine rings is 1. The van der Waals surface area contributed by atoms with Crippen molar-refractivity contribution in [1.82, 2.24) is 34.4 Å². The number of aromatic nitrogens is 4. The van der Waals surface area contributed by atoms with Gasteiger partial charge < -0.3 is 14.8 Å². The summed E-state index contributed by atoms with van der Waals surface area (Å²) >= 11 is 0. The number of rotatable bonds is 4. The molecule has 2 aliphatic heterocycles. The number of aryl methyl sites for hydroxylation is 2. The zero-order chi connectivity index (χ0) is 23.1. The summed E-state index contributed by atoms with van der Waals surface area (Å²) in [6, 6.07) is 4.15. The van der Waals surface area contributed by atoms with Crippen LogP contribution >= 0.6 is 0 Å². The van der Waals surface area contributed by atoms with Gasteiger partial charge in [0, 0.05) is 70.7 Å². The summed E-state index contributed by atoms with van der Waals surface area (Å²) in [5.74, 6) is -0.159. The van der Waals surface area contributed by atoms with Crippen LogP contribution in [-0.4, -0.2) is 74.2 Å². The summed E-state index contributed by atoms with van der Waals surface area (Å²) in [6.45, 7) is 6.26. The first-order chi connectivity index (χ1) is 15.9. The average molecular weight is 450 g/mol. The van der Waals surface area contributed by atoms with Crippen molar-refractivity contribution < 1.29 is 4.39 Å². The van der Waals surface area contributed by atoms with Crippen LogP contribution < -0.4 is 5.56 Å². The minimum absolute atomic E-state index is 0.159. The van der Waals surface area contributed by atoms with Gasteiger partial charge in [0.25, 0.3) is 5.56 Å². The van der Waals surface area contributed by atoms with E-state index in [2.05, 4.69) is 30.9 Å². The Morgan fingerprint density at radius 3 is 2.67 bits per heavy atom. The monoisotopic (exact) mass is 449 g/mol. The Morgan fingerprint density at radius 1 is 1.15 bits per heavy atom. The highest BCUT2D eigenvalue weighted by Gasteiger charge is 2.23. The van der Waals surface area contributed by atoms with Crippen molar-refractivity contribution in [3.05, 3.63) is 69.9 Å². The van der Waals surface area contributed by atoms with Crippen LogP contribution in [-0.2, 0) is 13.6 Å². The lowest BCUT2D eigenvalue weighted by Gasteiger charge is -2.38. The van der Waals surface area contributed by atoms with E-state index in [4.69, 9.17) is 0 Å². The number of allylic oxidation sites excluding steroid dienone is 1. The fraction of sp³-hybridized carbons (Fsp3) is 0.375. The maximum absolute atomic E-state index is 14.5. The Morgan fingerprint density at radius 2 is 1.94 bits per heavy atom. The molecule has 0 radical (unpaired) electrons. The van der Waals surface area contributed by atoms with Gasteiger partial charge in [0.2, 0.25) is 5.95 Å². The average Bonchev–Trinajstić information content (AvgIpc) is 3.23. The zero-order valence-corrected chi connectivity index (χ0v) is 19.2. The first-order valence-electron chi connectivity index (χ1n) is 11.2. The molecule has 0 bridgehead atoms. The molecular weight excluding hydrogens is 421 g/mol. The van der Waals surface area contributed by atoms with E-state index in [1.807, 2.05) is 37.7 Å². The SMILES string of the molecule is Cc1nc2c(-c3cnn(C)c3)cc(CN3CCN(C4=C(F)N(C)CC=C4)CC3)cc2[nH]c1=O. The van der Waals surface area contributed by atoms with Crippen LogP contribution in [0, 0.1) is 6.92 Å². The highest BCUT2D eigenvalue weighted by Crippen LogP contribution is 2.29. The molecule has 0 saturated carbocycles. The van der Waals surface area contributed by atoms with Crippen molar-refractivity contribution in [2.45, 2.75) is 13.5 Å². The minimum Gasteiger partial charge on any atom is -0.365 e. The standard InChI is InChI=1S/C24H28FN7O/c1-16-24(33)28-20-12-17(11-19(22(20)27-16)18-13-26-30(3)15-18)14-31-7-9-32(10-8-31)21-5-4-6-29(2)23(21)25/h4-5,11-13,15H,6-10,14H2,1-3H3,(H,28,33). The highest BCUT2D eigenvalue weighted by atomic mass is 19.1. The summed E-state index contributed by atoms with van der Waals surface area (Å²) in [6.07, 6.45) is 7.66. The fourth-order valence-electron chi connectivity index (χ4n) is 4.52. The van der Waals surface area contributed by atoms with Gasteiger partial charge in [-0.2, -0.15) is 9.49 Å². The number of fused-ring (bicyclic) bond motifs is 1. The van der Waals surface area contributed by atoms with E-state index in [-0.39, 0.29) is 11.5 Å². The zero-order valence-electron chi connectivity index (χ0n) is 19.2. The second-order valence-electron chi connectivity index (χ2n) is 8.82. The van der Waals surface area contributed by atoms with E-state index in [1.165, 1.54) is 0 Å². The van der Waals surface area contributed by atoms with Gasteiger partial charge in [-0.15, -0.1) is 0 Å². The van der Waals surface area contributed by atoms with Crippen LogP contribution in [0.5, 0.6) is 0 Å². The molecule has 1 N–H and O–H groups in total. The van der Waals surface area contributed by atoms with Gasteiger partial charge >= 0.3 is 0 Å². The predicted molar refractivity (Wildman–Crippen MR) is 126 cm³/mol. The molecule has 0 amide bonds. The van der Waals surface area contributed by atoms with Crippen molar-refractivity contribution in [2.75, 3.05) is 39.8 Å². The largest absolute Gasteiger partial charge is 0.365 e. The van der Waals surface area contributed by atoms with Crippen molar-refractivity contribution in [3.63, 3.8) is 0 Å². The molecule has 0 atom stereocenters. The van der Waals surface area contributed by atoms with Gasteiger partial charge in [-0.05, 0) is 30.7 Å². The predicted octanol–water partition coefficient (Wildman–Crippen LogP) is 2.39. The minimum atomic E-state index is -0.175. The Bertz CT molecular complexity index is 1310. The molecule has 0 unspecified atom stereocenters. The molecule has 3 aromatic rings. The summed E-state index contributed by atoms with van der Waals surface area (Å²) in [7, 11) is 3.66. The number of aromatic amines is 1. The third-order valence-corrected chi connectivity index (χ3v) is 6.36. The van der Waals surface area contributed by atoms with E-state index < -0.39 is 0 Å². The number of likely N-dealkylation sites (N-methyl/N-ethyl adjacent to an activating group) is 1. The van der Waals surface area contributed by atoms with Gasteiger partial charge in [-0.25, -0.2) is 4.98 Å².